The van der Waals surface area contributed by atoms with Crippen LogP contribution in [0, 0.1) is 0 Å². The van der Waals surface area contributed by atoms with E-state index in [2.05, 4.69) is 203 Å². The third-order valence-electron chi connectivity index (χ3n) is 13.5. The van der Waals surface area contributed by atoms with Gasteiger partial charge in [-0.3, -0.25) is 0 Å². The van der Waals surface area contributed by atoms with Crippen LogP contribution in [0.4, 0.5) is 0 Å². The maximum atomic E-state index is 2.50. The van der Waals surface area contributed by atoms with Crippen LogP contribution in [-0.4, -0.2) is 13.7 Å². The summed E-state index contributed by atoms with van der Waals surface area (Å²) in [6.07, 6.45) is 0. The minimum atomic E-state index is 0.902. The van der Waals surface area contributed by atoms with E-state index in [0.29, 0.717) is 0 Å². The number of hydrogen-bond acceptors (Lipinski definition) is 4. The molecule has 0 radical (unpaired) electrons. The molecular weight excluding hydrogens is 867 g/mol. The predicted molar refractivity (Wildman–Crippen MR) is 287 cm³/mol. The molecule has 0 atom stereocenters. The Kier molecular flexibility index (Phi) is 9.18. The van der Waals surface area contributed by atoms with Gasteiger partial charge in [0.15, 0.2) is 0 Å². The highest BCUT2D eigenvalue weighted by molar-refractivity contribution is 7.19. The van der Waals surface area contributed by atoms with E-state index in [-0.39, 0.29) is 0 Å². The quantitative estimate of drug-likeness (QED) is 0.137. The van der Waals surface area contributed by atoms with Gasteiger partial charge < -0.3 is 13.7 Å². The lowest BCUT2D eigenvalue weighted by molar-refractivity contribution is 0.827. The highest BCUT2D eigenvalue weighted by atomic mass is 32.1. The van der Waals surface area contributed by atoms with Gasteiger partial charge in [0.25, 0.3) is 0 Å². The van der Waals surface area contributed by atoms with Crippen LogP contribution in [0.25, 0.3) is 128 Å². The second-order valence-electron chi connectivity index (χ2n) is 16.9. The third-order valence-corrected chi connectivity index (χ3v) is 17.7. The molecule has 0 N–H and O–H groups in total. The number of thiophene rings is 4. The van der Waals surface area contributed by atoms with Crippen molar-refractivity contribution in [2.24, 2.45) is 0 Å². The number of rotatable bonds is 9. The average Bonchev–Trinajstić information content (AvgIpc) is 4.22. The normalized spacial score (nSPS) is 12.1. The number of fused-ring (bicyclic) bond motifs is 9. The molecule has 0 bridgehead atoms. The molecule has 0 aliphatic carbocycles. The first-order valence-corrected chi connectivity index (χ1v) is 25.9. The third kappa shape index (κ3) is 6.17. The Balaban J connectivity index is 0.817. The molecule has 7 heterocycles. The summed E-state index contributed by atoms with van der Waals surface area (Å²) >= 11 is 7.37. The van der Waals surface area contributed by atoms with Gasteiger partial charge in [-0.05, 0) is 138 Å². The van der Waals surface area contributed by atoms with Crippen molar-refractivity contribution in [2.45, 2.75) is 40.4 Å². The van der Waals surface area contributed by atoms with E-state index in [1.54, 1.807) is 22.7 Å². The van der Waals surface area contributed by atoms with Crippen molar-refractivity contribution in [3.8, 4) is 62.6 Å². The van der Waals surface area contributed by atoms with Gasteiger partial charge in [0, 0.05) is 114 Å². The second-order valence-corrected chi connectivity index (χ2v) is 21.0. The molecule has 314 valence electrons. The molecule has 7 heteroatoms. The summed E-state index contributed by atoms with van der Waals surface area (Å²) in [7, 11) is 0. The van der Waals surface area contributed by atoms with Crippen molar-refractivity contribution in [1.82, 2.24) is 13.7 Å². The molecule has 0 saturated carbocycles. The molecule has 13 rings (SSSR count). The molecule has 0 fully saturated rings. The predicted octanol–water partition coefficient (Wildman–Crippen LogP) is 18.3. The van der Waals surface area contributed by atoms with Crippen molar-refractivity contribution in [3.63, 3.8) is 0 Å². The van der Waals surface area contributed by atoms with Crippen molar-refractivity contribution < 1.29 is 0 Å². The Morgan fingerprint density at radius 2 is 0.538 bits per heavy atom. The maximum Gasteiger partial charge on any atom is 0.0497 e. The van der Waals surface area contributed by atoms with Crippen LogP contribution in [0.2, 0.25) is 0 Å². The zero-order valence-electron chi connectivity index (χ0n) is 36.3. The van der Waals surface area contributed by atoms with Gasteiger partial charge in [-0.25, -0.2) is 0 Å². The summed E-state index contributed by atoms with van der Waals surface area (Å²) in [6, 6.07) is 60.0. The Hall–Kier alpha value is -6.48. The van der Waals surface area contributed by atoms with Gasteiger partial charge in [-0.15, -0.1) is 45.3 Å². The monoisotopic (exact) mass is 909 g/mol. The molecular formula is C58H43N3S4. The van der Waals surface area contributed by atoms with Crippen molar-refractivity contribution >= 4 is 111 Å². The first kappa shape index (κ1) is 38.9. The minimum Gasteiger partial charge on any atom is -0.341 e. The molecule has 0 spiro atoms. The number of hydrogen-bond donors (Lipinski definition) is 0. The van der Waals surface area contributed by atoms with Crippen molar-refractivity contribution in [2.75, 3.05) is 0 Å². The van der Waals surface area contributed by atoms with E-state index in [1.807, 2.05) is 22.7 Å². The standard InChI is InChI=1S/C58H43N3S4/c1-4-59-47-29-35(53-9-7-27-62-53)11-17-41(47)43-19-13-37(31-49(43)59)55-23-25-57(64-55)39-15-21-45-46-22-16-40(34-52(46)61(6-3)51(45)33-39)58-26-24-56(65-58)38-14-20-44-42-18-12-36(54-10-8-28-63-54)30-48(42)60(5-2)50(44)32-38/h7-34H,4-6H2,1-3H3. The fourth-order valence-corrected chi connectivity index (χ4v) is 13.9. The SMILES string of the molecule is CCn1c2cc(-c3cccs3)ccc2c2ccc(-c3ccc(-c4ccc5c6ccc(-c7ccc(-c8ccc9c%10ccc(-c%11cccs%11)cc%10n(CC)c9c8)s7)cc6n(CC)c5c4)s3)cc21. The van der Waals surface area contributed by atoms with Gasteiger partial charge in [0.1, 0.15) is 0 Å². The smallest absolute Gasteiger partial charge is 0.0497 e. The Morgan fingerprint density at radius 3 is 0.754 bits per heavy atom. The van der Waals surface area contributed by atoms with Gasteiger partial charge in [0.2, 0.25) is 0 Å². The van der Waals surface area contributed by atoms with Gasteiger partial charge in [-0.1, -0.05) is 84.9 Å². The number of aryl methyl sites for hydroxylation is 3. The van der Waals surface area contributed by atoms with Crippen LogP contribution in [0.3, 0.4) is 0 Å². The molecule has 6 aromatic carbocycles. The Bertz CT molecular complexity index is 3700. The van der Waals surface area contributed by atoms with E-state index >= 15 is 0 Å². The van der Waals surface area contributed by atoms with E-state index in [0.717, 1.165) is 19.6 Å². The summed E-state index contributed by atoms with van der Waals surface area (Å²) in [5, 5.41) is 12.2. The highest BCUT2D eigenvalue weighted by Crippen LogP contribution is 2.43. The summed E-state index contributed by atoms with van der Waals surface area (Å²) in [4.78, 5) is 7.79. The lowest BCUT2D eigenvalue weighted by atomic mass is 10.1. The Morgan fingerprint density at radius 1 is 0.292 bits per heavy atom. The molecule has 7 aromatic heterocycles. The van der Waals surface area contributed by atoms with Gasteiger partial charge >= 0.3 is 0 Å². The second kappa shape index (κ2) is 15.3. The fourth-order valence-electron chi connectivity index (χ4n) is 10.4. The van der Waals surface area contributed by atoms with Crippen molar-refractivity contribution in [3.05, 3.63) is 168 Å². The number of aromatic nitrogens is 3. The molecule has 0 aliphatic heterocycles. The van der Waals surface area contributed by atoms with E-state index in [9.17, 15) is 0 Å². The zero-order valence-corrected chi connectivity index (χ0v) is 39.5. The van der Waals surface area contributed by atoms with Crippen molar-refractivity contribution in [1.29, 1.82) is 0 Å². The van der Waals surface area contributed by atoms with Crippen LogP contribution in [0.5, 0.6) is 0 Å². The largest absolute Gasteiger partial charge is 0.341 e. The lowest BCUT2D eigenvalue weighted by Crippen LogP contribution is -1.93. The van der Waals surface area contributed by atoms with E-state index < -0.39 is 0 Å². The summed E-state index contributed by atoms with van der Waals surface area (Å²) in [5.41, 5.74) is 15.4. The maximum absolute atomic E-state index is 2.50. The van der Waals surface area contributed by atoms with Crippen LogP contribution in [0.15, 0.2) is 168 Å². The molecule has 0 unspecified atom stereocenters. The molecule has 3 nitrogen and oxygen atoms in total. The van der Waals surface area contributed by atoms with Crippen LogP contribution < -0.4 is 0 Å². The first-order valence-electron chi connectivity index (χ1n) is 22.5. The number of benzene rings is 6. The topological polar surface area (TPSA) is 14.8 Å². The van der Waals surface area contributed by atoms with Crippen LogP contribution >= 0.6 is 45.3 Å². The summed E-state index contributed by atoms with van der Waals surface area (Å²) in [6.45, 7) is 9.54. The molecule has 0 amide bonds. The molecule has 0 aliphatic rings. The van der Waals surface area contributed by atoms with E-state index in [4.69, 9.17) is 0 Å². The zero-order chi connectivity index (χ0) is 43.3. The van der Waals surface area contributed by atoms with Crippen LogP contribution in [-0.2, 0) is 19.6 Å². The van der Waals surface area contributed by atoms with Crippen LogP contribution in [0.1, 0.15) is 20.8 Å². The minimum absolute atomic E-state index is 0.902. The Labute approximate surface area is 393 Å². The van der Waals surface area contributed by atoms with E-state index in [1.165, 1.54) is 128 Å². The fraction of sp³-hybridized carbons (Fsp3) is 0.103. The number of nitrogens with zero attached hydrogens (tertiary/aromatic N) is 3. The first-order chi connectivity index (χ1) is 32.0. The lowest BCUT2D eigenvalue weighted by Gasteiger charge is -2.06. The average molecular weight is 910 g/mol. The summed E-state index contributed by atoms with van der Waals surface area (Å²) in [5.74, 6) is 0. The molecule has 65 heavy (non-hydrogen) atoms. The van der Waals surface area contributed by atoms with Gasteiger partial charge in [-0.2, -0.15) is 0 Å². The summed E-state index contributed by atoms with van der Waals surface area (Å²) < 4.78 is 7.47. The molecule has 0 saturated heterocycles. The van der Waals surface area contributed by atoms with Gasteiger partial charge in [0.05, 0.1) is 0 Å². The highest BCUT2D eigenvalue weighted by Gasteiger charge is 2.18. The molecule has 13 aromatic rings.